The summed E-state index contributed by atoms with van der Waals surface area (Å²) >= 11 is 0. The van der Waals surface area contributed by atoms with Crippen LogP contribution in [0, 0.1) is 6.92 Å². The molecule has 4 heteroatoms. The number of amides is 1. The quantitative estimate of drug-likeness (QED) is 0.646. The Hall–Kier alpha value is -2.62. The third kappa shape index (κ3) is 4.24. The van der Waals surface area contributed by atoms with Gasteiger partial charge in [-0.1, -0.05) is 42.5 Å². The van der Waals surface area contributed by atoms with E-state index in [4.69, 9.17) is 0 Å². The van der Waals surface area contributed by atoms with E-state index >= 15 is 0 Å². The third-order valence-electron chi connectivity index (χ3n) is 2.81. The number of carbonyl (C=O) groups excluding carboxylic acids is 1. The van der Waals surface area contributed by atoms with Crippen LogP contribution in [0.4, 0.5) is 5.69 Å². The number of para-hydroxylation sites is 1. The first-order chi connectivity index (χ1) is 9.75. The van der Waals surface area contributed by atoms with Gasteiger partial charge in [0.2, 0.25) is 0 Å². The van der Waals surface area contributed by atoms with Crippen LogP contribution >= 0.6 is 0 Å². The van der Waals surface area contributed by atoms with Crippen molar-refractivity contribution in [2.75, 3.05) is 11.9 Å². The van der Waals surface area contributed by atoms with Crippen LogP contribution in [0.5, 0.6) is 0 Å². The number of hydrazone groups is 1. The van der Waals surface area contributed by atoms with E-state index in [1.807, 2.05) is 61.5 Å². The molecule has 0 fully saturated rings. The van der Waals surface area contributed by atoms with Crippen molar-refractivity contribution in [2.45, 2.75) is 6.92 Å². The van der Waals surface area contributed by atoms with E-state index < -0.39 is 0 Å². The summed E-state index contributed by atoms with van der Waals surface area (Å²) in [5.41, 5.74) is 5.51. The molecule has 2 N–H and O–H groups in total. The first-order valence-electron chi connectivity index (χ1n) is 6.42. The molecule has 0 aliphatic heterocycles. The highest BCUT2D eigenvalue weighted by atomic mass is 16.2. The summed E-state index contributed by atoms with van der Waals surface area (Å²) < 4.78 is 0. The Morgan fingerprint density at radius 3 is 2.55 bits per heavy atom. The average molecular weight is 267 g/mol. The highest BCUT2D eigenvalue weighted by Crippen LogP contribution is 2.04. The van der Waals surface area contributed by atoms with Gasteiger partial charge in [0.05, 0.1) is 12.8 Å². The molecule has 0 heterocycles. The Labute approximate surface area is 118 Å². The van der Waals surface area contributed by atoms with Crippen molar-refractivity contribution in [3.8, 4) is 0 Å². The average Bonchev–Trinajstić information content (AvgIpc) is 2.48. The summed E-state index contributed by atoms with van der Waals surface area (Å²) in [7, 11) is 0. The summed E-state index contributed by atoms with van der Waals surface area (Å²) in [5.74, 6) is -0.182. The molecule has 0 saturated heterocycles. The van der Waals surface area contributed by atoms with E-state index in [9.17, 15) is 4.79 Å². The predicted octanol–water partition coefficient (Wildman–Crippen LogP) is 2.56. The molecule has 4 nitrogen and oxygen atoms in total. The van der Waals surface area contributed by atoms with Gasteiger partial charge in [0.25, 0.3) is 5.91 Å². The SMILES string of the molecule is Cc1ccccc1/C=N/NC(=O)CNc1ccccc1. The van der Waals surface area contributed by atoms with Crippen molar-refractivity contribution < 1.29 is 4.79 Å². The van der Waals surface area contributed by atoms with E-state index in [0.29, 0.717) is 0 Å². The lowest BCUT2D eigenvalue weighted by molar-refractivity contribution is -0.119. The molecule has 0 aliphatic rings. The minimum absolute atomic E-state index is 0.182. The molecule has 0 bridgehead atoms. The first kappa shape index (κ1) is 13.8. The maximum atomic E-state index is 11.6. The number of carbonyl (C=O) groups is 1. The van der Waals surface area contributed by atoms with Crippen molar-refractivity contribution >= 4 is 17.8 Å². The zero-order valence-corrected chi connectivity index (χ0v) is 11.3. The van der Waals surface area contributed by atoms with Gasteiger partial charge in [0, 0.05) is 5.69 Å². The fraction of sp³-hybridized carbons (Fsp3) is 0.125. The van der Waals surface area contributed by atoms with Gasteiger partial charge < -0.3 is 5.32 Å². The first-order valence-corrected chi connectivity index (χ1v) is 6.42. The molecule has 2 aromatic carbocycles. The van der Waals surface area contributed by atoms with E-state index in [1.165, 1.54) is 0 Å². The monoisotopic (exact) mass is 267 g/mol. The maximum Gasteiger partial charge on any atom is 0.259 e. The molecule has 0 radical (unpaired) electrons. The second-order valence-electron chi connectivity index (χ2n) is 4.37. The maximum absolute atomic E-state index is 11.6. The number of hydrogen-bond acceptors (Lipinski definition) is 3. The van der Waals surface area contributed by atoms with Gasteiger partial charge in [-0.05, 0) is 30.2 Å². The molecule has 0 atom stereocenters. The van der Waals surface area contributed by atoms with Crippen LogP contribution in [0.15, 0.2) is 59.7 Å². The van der Waals surface area contributed by atoms with Crippen LogP contribution < -0.4 is 10.7 Å². The van der Waals surface area contributed by atoms with E-state index in [1.54, 1.807) is 6.21 Å². The van der Waals surface area contributed by atoms with Gasteiger partial charge in [-0.25, -0.2) is 5.43 Å². The Morgan fingerprint density at radius 2 is 1.80 bits per heavy atom. The molecular formula is C16H17N3O. The van der Waals surface area contributed by atoms with Crippen molar-refractivity contribution in [2.24, 2.45) is 5.10 Å². The van der Waals surface area contributed by atoms with Crippen molar-refractivity contribution in [1.82, 2.24) is 5.43 Å². The third-order valence-corrected chi connectivity index (χ3v) is 2.81. The molecule has 102 valence electrons. The van der Waals surface area contributed by atoms with Gasteiger partial charge >= 0.3 is 0 Å². The Kier molecular flexibility index (Phi) is 4.89. The number of aryl methyl sites for hydroxylation is 1. The molecular weight excluding hydrogens is 250 g/mol. The molecule has 0 aliphatic carbocycles. The molecule has 0 aromatic heterocycles. The van der Waals surface area contributed by atoms with Crippen molar-refractivity contribution in [1.29, 1.82) is 0 Å². The molecule has 20 heavy (non-hydrogen) atoms. The largest absolute Gasteiger partial charge is 0.376 e. The second kappa shape index (κ2) is 7.09. The Bertz CT molecular complexity index is 594. The van der Waals surface area contributed by atoms with Crippen LogP contribution in [0.25, 0.3) is 0 Å². The minimum atomic E-state index is -0.182. The van der Waals surface area contributed by atoms with Gasteiger partial charge in [0.15, 0.2) is 0 Å². The number of nitrogens with zero attached hydrogens (tertiary/aromatic N) is 1. The van der Waals surface area contributed by atoms with Crippen LogP contribution in [0.1, 0.15) is 11.1 Å². The predicted molar refractivity (Wildman–Crippen MR) is 81.8 cm³/mol. The number of hydrogen-bond donors (Lipinski definition) is 2. The lowest BCUT2D eigenvalue weighted by atomic mass is 10.1. The lowest BCUT2D eigenvalue weighted by Gasteiger charge is -2.04. The molecule has 0 unspecified atom stereocenters. The minimum Gasteiger partial charge on any atom is -0.376 e. The highest BCUT2D eigenvalue weighted by molar-refractivity contribution is 5.85. The van der Waals surface area contributed by atoms with Crippen molar-refractivity contribution in [3.05, 3.63) is 65.7 Å². The van der Waals surface area contributed by atoms with E-state index in [2.05, 4.69) is 15.8 Å². The standard InChI is InChI=1S/C16H17N3O/c1-13-7-5-6-8-14(13)11-18-19-16(20)12-17-15-9-3-2-4-10-15/h2-11,17H,12H2,1H3,(H,19,20)/b18-11+. The fourth-order valence-corrected chi connectivity index (χ4v) is 1.68. The number of rotatable bonds is 5. The summed E-state index contributed by atoms with van der Waals surface area (Å²) in [4.78, 5) is 11.6. The zero-order valence-electron chi connectivity index (χ0n) is 11.3. The smallest absolute Gasteiger partial charge is 0.259 e. The molecule has 0 spiro atoms. The molecule has 0 saturated carbocycles. The zero-order chi connectivity index (χ0) is 14.2. The topological polar surface area (TPSA) is 53.5 Å². The molecule has 2 aromatic rings. The summed E-state index contributed by atoms with van der Waals surface area (Å²) in [6.07, 6.45) is 1.65. The van der Waals surface area contributed by atoms with Crippen molar-refractivity contribution in [3.63, 3.8) is 0 Å². The lowest BCUT2D eigenvalue weighted by Crippen LogP contribution is -2.25. The van der Waals surface area contributed by atoms with Gasteiger partial charge in [0.1, 0.15) is 0 Å². The summed E-state index contributed by atoms with van der Waals surface area (Å²) in [5, 5.41) is 6.97. The summed E-state index contributed by atoms with van der Waals surface area (Å²) in [6, 6.07) is 17.4. The van der Waals surface area contributed by atoms with Crippen LogP contribution in [-0.4, -0.2) is 18.7 Å². The van der Waals surface area contributed by atoms with E-state index in [-0.39, 0.29) is 12.5 Å². The molecule has 1 amide bonds. The van der Waals surface area contributed by atoms with Gasteiger partial charge in [-0.2, -0.15) is 5.10 Å². The summed E-state index contributed by atoms with van der Waals surface area (Å²) in [6.45, 7) is 2.19. The van der Waals surface area contributed by atoms with Gasteiger partial charge in [-0.15, -0.1) is 0 Å². The van der Waals surface area contributed by atoms with Crippen LogP contribution in [0.3, 0.4) is 0 Å². The molecule has 2 rings (SSSR count). The number of benzene rings is 2. The Balaban J connectivity index is 1.79. The second-order valence-corrected chi connectivity index (χ2v) is 4.37. The van der Waals surface area contributed by atoms with E-state index in [0.717, 1.165) is 16.8 Å². The number of anilines is 1. The van der Waals surface area contributed by atoms with Crippen LogP contribution in [0.2, 0.25) is 0 Å². The Morgan fingerprint density at radius 1 is 1.10 bits per heavy atom. The number of nitrogens with one attached hydrogen (secondary N) is 2. The normalized spacial score (nSPS) is 10.4. The van der Waals surface area contributed by atoms with Crippen LogP contribution in [-0.2, 0) is 4.79 Å². The highest BCUT2D eigenvalue weighted by Gasteiger charge is 1.98. The van der Waals surface area contributed by atoms with Gasteiger partial charge in [-0.3, -0.25) is 4.79 Å². The fourth-order valence-electron chi connectivity index (χ4n) is 1.68.